The zero-order chi connectivity index (χ0) is 52.8. The summed E-state index contributed by atoms with van der Waals surface area (Å²) >= 11 is 0. The van der Waals surface area contributed by atoms with Gasteiger partial charge in [-0.05, 0) is 99.2 Å². The molecule has 5 aromatic rings. The number of phenols is 1. The lowest BCUT2D eigenvalue weighted by atomic mass is 9.90. The maximum Gasteiger partial charge on any atom is 0.251 e. The van der Waals surface area contributed by atoms with Crippen molar-refractivity contribution in [3.05, 3.63) is 173 Å². The van der Waals surface area contributed by atoms with Gasteiger partial charge in [-0.15, -0.1) is 0 Å². The number of hydrogen-bond donors (Lipinski definition) is 4. The molecule has 8 rings (SSSR count). The fraction of sp³-hybridized carbons (Fsp3) is 0.311. The Morgan fingerprint density at radius 1 is 0.693 bits per heavy atom. The van der Waals surface area contributed by atoms with Gasteiger partial charge in [0.25, 0.3) is 5.91 Å². The summed E-state index contributed by atoms with van der Waals surface area (Å²) < 4.78 is 8.99. The lowest BCUT2D eigenvalue weighted by Crippen LogP contribution is -2.59. The summed E-state index contributed by atoms with van der Waals surface area (Å²) in [5.74, 6) is -1.47. The number of nitrogens with zero attached hydrogens (tertiary/aromatic N) is 4. The molecular weight excluding hydrogens is 943 g/mol. The highest BCUT2D eigenvalue weighted by Crippen LogP contribution is 2.42. The molecule has 2 aliphatic heterocycles. The Bertz CT molecular complexity index is 3150. The molecule has 0 spiro atoms. The van der Waals surface area contributed by atoms with E-state index >= 15 is 0 Å². The molecule has 0 radical (unpaired) electrons. The van der Waals surface area contributed by atoms with Gasteiger partial charge in [0.2, 0.25) is 29.0 Å². The smallest absolute Gasteiger partial charge is 0.251 e. The monoisotopic (exact) mass is 1010 g/mol. The molecule has 14 nitrogen and oxygen atoms in total. The molecule has 14 heteroatoms. The first kappa shape index (κ1) is 53.0. The molecule has 5 aromatic carbocycles. The molecule has 2 heterocycles. The number of anilines is 1. The average Bonchev–Trinajstić information content (AvgIpc) is 3.42. The second-order valence-corrected chi connectivity index (χ2v) is 18.9. The van der Waals surface area contributed by atoms with Gasteiger partial charge in [0, 0.05) is 85.5 Å². The molecule has 388 valence electrons. The van der Waals surface area contributed by atoms with Gasteiger partial charge in [0.1, 0.15) is 48.8 Å². The summed E-state index contributed by atoms with van der Waals surface area (Å²) in [6, 6.07) is 42.9. The number of phenolic OH excluding ortho intramolecular Hbond substituents is 1. The first-order valence-corrected chi connectivity index (χ1v) is 26.2. The highest BCUT2D eigenvalue weighted by molar-refractivity contribution is 6.09. The van der Waals surface area contributed by atoms with Crippen molar-refractivity contribution in [3.63, 3.8) is 0 Å². The Hall–Kier alpha value is -8.26. The van der Waals surface area contributed by atoms with E-state index in [0.29, 0.717) is 24.0 Å². The fourth-order valence-electron chi connectivity index (χ4n) is 9.96. The molecule has 1 fully saturated rings. The van der Waals surface area contributed by atoms with Gasteiger partial charge in [-0.2, -0.15) is 0 Å². The predicted molar refractivity (Wildman–Crippen MR) is 294 cm³/mol. The predicted octanol–water partition coefficient (Wildman–Crippen LogP) is 7.40. The van der Waals surface area contributed by atoms with E-state index in [4.69, 9.17) is 4.42 Å². The maximum atomic E-state index is 14.8. The zero-order valence-electron chi connectivity index (χ0n) is 43.4. The number of hydrogen-bond acceptors (Lipinski definition) is 8. The lowest BCUT2D eigenvalue weighted by Gasteiger charge is -2.32. The third-order valence-electron chi connectivity index (χ3n) is 14.0. The summed E-state index contributed by atoms with van der Waals surface area (Å²) in [5, 5.41) is 20.8. The molecule has 0 bridgehead atoms. The number of unbranched alkanes of at least 4 members (excludes halogenated alkanes) is 1. The topological polar surface area (TPSA) is 168 Å². The van der Waals surface area contributed by atoms with Crippen LogP contribution in [-0.4, -0.2) is 109 Å². The minimum atomic E-state index is -1.11. The minimum Gasteiger partial charge on any atom is -0.508 e. The third kappa shape index (κ3) is 13.1. The molecule has 3 aliphatic rings. The molecule has 1 saturated heterocycles. The van der Waals surface area contributed by atoms with Crippen LogP contribution in [0.5, 0.6) is 5.75 Å². The second kappa shape index (κ2) is 25.1. The summed E-state index contributed by atoms with van der Waals surface area (Å²) in [6.45, 7) is 11.7. The number of carbonyl (C=O) groups is 5. The third-order valence-corrected chi connectivity index (χ3v) is 14.0. The van der Waals surface area contributed by atoms with Gasteiger partial charge < -0.3 is 40.2 Å². The Balaban J connectivity index is 1.04. The summed E-state index contributed by atoms with van der Waals surface area (Å²) in [5.41, 5.74) is 7.08. The molecule has 2 atom stereocenters. The van der Waals surface area contributed by atoms with Crippen LogP contribution in [0.4, 0.5) is 5.69 Å². The first-order chi connectivity index (χ1) is 36.5. The van der Waals surface area contributed by atoms with E-state index in [0.717, 1.165) is 81.8 Å². The number of nitrogens with one attached hydrogen (secondary N) is 3. The highest BCUT2D eigenvalue weighted by Gasteiger charge is 2.34. The van der Waals surface area contributed by atoms with Crippen LogP contribution in [0.2, 0.25) is 0 Å². The maximum absolute atomic E-state index is 14.8. The number of carbonyl (C=O) groups excluding carboxylic acids is 5. The van der Waals surface area contributed by atoms with Crippen molar-refractivity contribution in [2.75, 3.05) is 57.3 Å². The van der Waals surface area contributed by atoms with Crippen LogP contribution in [0.15, 0.2) is 150 Å². The normalized spacial score (nSPS) is 15.5. The number of fused-ring (bicyclic) bond motifs is 2. The molecule has 4 N–H and O–H groups in total. The van der Waals surface area contributed by atoms with Crippen LogP contribution >= 0.6 is 0 Å². The summed E-state index contributed by atoms with van der Waals surface area (Å²) in [6.07, 6.45) is 1.10. The number of amides is 5. The number of rotatable bonds is 18. The molecule has 1 aliphatic carbocycles. The number of benzene rings is 6. The van der Waals surface area contributed by atoms with Gasteiger partial charge in [0.05, 0.1) is 12.6 Å². The lowest BCUT2D eigenvalue weighted by molar-refractivity contribution is -0.145. The Morgan fingerprint density at radius 2 is 1.36 bits per heavy atom. The minimum absolute atomic E-state index is 0.0527. The van der Waals surface area contributed by atoms with E-state index in [9.17, 15) is 29.1 Å². The van der Waals surface area contributed by atoms with Gasteiger partial charge in [-0.1, -0.05) is 91.0 Å². The van der Waals surface area contributed by atoms with E-state index in [-0.39, 0.29) is 57.2 Å². The first-order valence-electron chi connectivity index (χ1n) is 26.2. The van der Waals surface area contributed by atoms with E-state index < -0.39 is 35.7 Å². The van der Waals surface area contributed by atoms with Crippen LogP contribution in [-0.2, 0) is 38.6 Å². The largest absolute Gasteiger partial charge is 0.508 e. The molecule has 0 unspecified atom stereocenters. The zero-order valence-corrected chi connectivity index (χ0v) is 43.4. The second-order valence-electron chi connectivity index (χ2n) is 18.9. The van der Waals surface area contributed by atoms with Gasteiger partial charge in [-0.3, -0.25) is 24.0 Å². The molecular formula is C61H68N7O7+. The molecule has 5 amide bonds. The SMILES string of the molecule is CCN(CC)c1ccc2c(-c3ccccc3C(=O)NCCCCN3CC(=O)N[C@@H](Cc4ccc(O)cc4)C(=O)N[C@@H](Cc4ccccc4)C(=O)N(Cc4ccccc4)CC3=O)c3ccc(=[N+](CC)CC)cc-3oc2c1. The quantitative estimate of drug-likeness (QED) is 0.0392. The van der Waals surface area contributed by atoms with Crippen molar-refractivity contribution in [1.82, 2.24) is 30.3 Å². The van der Waals surface area contributed by atoms with Crippen LogP contribution in [0.3, 0.4) is 0 Å². The highest BCUT2D eigenvalue weighted by atomic mass is 16.3. The van der Waals surface area contributed by atoms with Gasteiger partial charge >= 0.3 is 0 Å². The Kier molecular flexibility index (Phi) is 17.8. The van der Waals surface area contributed by atoms with Gasteiger partial charge in [-0.25, -0.2) is 4.58 Å². The van der Waals surface area contributed by atoms with Gasteiger partial charge in [0.15, 0.2) is 0 Å². The van der Waals surface area contributed by atoms with Crippen molar-refractivity contribution in [1.29, 1.82) is 0 Å². The van der Waals surface area contributed by atoms with E-state index in [1.807, 2.05) is 84.9 Å². The van der Waals surface area contributed by atoms with Crippen LogP contribution in [0.1, 0.15) is 67.6 Å². The van der Waals surface area contributed by atoms with Crippen molar-refractivity contribution in [2.45, 2.75) is 72.0 Å². The Morgan fingerprint density at radius 3 is 2.07 bits per heavy atom. The van der Waals surface area contributed by atoms with Crippen LogP contribution in [0.25, 0.3) is 33.4 Å². The average molecular weight is 1010 g/mol. The van der Waals surface area contributed by atoms with Crippen molar-refractivity contribution < 1.29 is 33.5 Å². The van der Waals surface area contributed by atoms with Crippen LogP contribution < -0.4 is 30.8 Å². The molecule has 0 saturated carbocycles. The van der Waals surface area contributed by atoms with Crippen molar-refractivity contribution in [2.24, 2.45) is 0 Å². The van der Waals surface area contributed by atoms with Crippen LogP contribution in [0, 0.1) is 0 Å². The van der Waals surface area contributed by atoms with E-state index in [1.54, 1.807) is 12.1 Å². The van der Waals surface area contributed by atoms with Crippen molar-refractivity contribution >= 4 is 46.2 Å². The summed E-state index contributed by atoms with van der Waals surface area (Å²) in [7, 11) is 0. The van der Waals surface area contributed by atoms with E-state index in [1.165, 1.54) is 21.9 Å². The summed E-state index contributed by atoms with van der Waals surface area (Å²) in [4.78, 5) is 77.0. The fourth-order valence-corrected chi connectivity index (χ4v) is 9.96. The van der Waals surface area contributed by atoms with Crippen molar-refractivity contribution in [3.8, 4) is 28.2 Å². The molecule has 75 heavy (non-hydrogen) atoms. The standard InChI is InChI=1S/C61H67N7O7/c1-5-65(6-2)45-27-31-50-54(37-45)75-55-38-46(66(7-3)8-4)28-32-51(55)58(50)48-23-15-16-24-49(48)59(72)62-33-17-18-34-67-40-56(70)63-52(35-43-25-29-47(69)30-26-43)60(73)64-53(36-42-19-11-9-12-20-42)61(74)68(41-57(67)71)39-44-21-13-10-14-22-44/h9-16,19-32,37-38,52-53H,5-8,17-18,33-36,39-41H2,1-4H3,(H3-,62,63,64,69,70,72,73)/p+1/t52-,53-/m0/s1. The molecule has 0 aromatic heterocycles. The Labute approximate surface area is 439 Å². The van der Waals surface area contributed by atoms with E-state index in [2.05, 4.69) is 89.5 Å². The number of aromatic hydroxyl groups is 1.